The van der Waals surface area contributed by atoms with E-state index >= 15 is 0 Å². The third-order valence-corrected chi connectivity index (χ3v) is 4.64. The number of carbonyl (C=O) groups excluding carboxylic acids is 1. The van der Waals surface area contributed by atoms with Crippen molar-refractivity contribution in [3.63, 3.8) is 0 Å². The van der Waals surface area contributed by atoms with Gasteiger partial charge in [-0.2, -0.15) is 0 Å². The molecule has 0 aliphatic carbocycles. The third-order valence-electron chi connectivity index (χ3n) is 4.64. The summed E-state index contributed by atoms with van der Waals surface area (Å²) in [6, 6.07) is 10.9. The first-order valence-corrected chi connectivity index (χ1v) is 9.48. The molecule has 0 aliphatic rings. The zero-order valence-electron chi connectivity index (χ0n) is 17.0. The van der Waals surface area contributed by atoms with Gasteiger partial charge in [0.2, 0.25) is 11.2 Å². The normalized spacial score (nSPS) is 10.8. The van der Waals surface area contributed by atoms with Crippen LogP contribution in [-0.4, -0.2) is 19.7 Å². The highest BCUT2D eigenvalue weighted by Gasteiger charge is 2.17. The maximum absolute atomic E-state index is 13.0. The topological polar surface area (TPSA) is 75.0 Å². The monoisotopic (exact) mass is 396 g/mol. The summed E-state index contributed by atoms with van der Waals surface area (Å²) < 4.78 is 21.8. The summed E-state index contributed by atoms with van der Waals surface area (Å²) in [6.07, 6.45) is 2.06. The van der Waals surface area contributed by atoms with Gasteiger partial charge in [0.1, 0.15) is 22.8 Å². The zero-order chi connectivity index (χ0) is 21.0. The summed E-state index contributed by atoms with van der Waals surface area (Å²) in [5, 5.41) is 0.385. The first-order chi connectivity index (χ1) is 13.9. The van der Waals surface area contributed by atoms with Gasteiger partial charge in [0.25, 0.3) is 0 Å². The van der Waals surface area contributed by atoms with Crippen LogP contribution >= 0.6 is 0 Å². The maximum Gasteiger partial charge on any atom is 0.343 e. The Kier molecular flexibility index (Phi) is 6.22. The van der Waals surface area contributed by atoms with Crippen LogP contribution in [0.15, 0.2) is 45.6 Å². The van der Waals surface area contributed by atoms with Gasteiger partial charge in [-0.3, -0.25) is 4.79 Å². The number of carbonyl (C=O) groups is 1. The summed E-state index contributed by atoms with van der Waals surface area (Å²) >= 11 is 0. The van der Waals surface area contributed by atoms with Gasteiger partial charge < -0.3 is 18.6 Å². The SMILES string of the molecule is CCCc1ccc(Oc2c(C)oc3c(C)c(OCC(=O)OC)ccc3c2=O)cc1. The van der Waals surface area contributed by atoms with E-state index in [1.54, 1.807) is 26.0 Å². The van der Waals surface area contributed by atoms with Crippen molar-refractivity contribution < 1.29 is 23.4 Å². The van der Waals surface area contributed by atoms with Crippen molar-refractivity contribution >= 4 is 16.9 Å². The van der Waals surface area contributed by atoms with Crippen molar-refractivity contribution in [3.05, 3.63) is 63.5 Å². The van der Waals surface area contributed by atoms with Crippen molar-refractivity contribution in [1.29, 1.82) is 0 Å². The molecule has 0 radical (unpaired) electrons. The van der Waals surface area contributed by atoms with E-state index in [9.17, 15) is 9.59 Å². The Bertz CT molecular complexity index is 1080. The van der Waals surface area contributed by atoms with Crippen molar-refractivity contribution in [3.8, 4) is 17.2 Å². The molecule has 0 N–H and O–H groups in total. The predicted octanol–water partition coefficient (Wildman–Crippen LogP) is 4.71. The lowest BCUT2D eigenvalue weighted by Gasteiger charge is -2.13. The van der Waals surface area contributed by atoms with Gasteiger partial charge in [-0.1, -0.05) is 25.5 Å². The zero-order valence-corrected chi connectivity index (χ0v) is 17.0. The maximum atomic E-state index is 13.0. The second kappa shape index (κ2) is 8.82. The van der Waals surface area contributed by atoms with Crippen LogP contribution in [0, 0.1) is 13.8 Å². The van der Waals surface area contributed by atoms with Crippen molar-refractivity contribution in [2.24, 2.45) is 0 Å². The largest absolute Gasteiger partial charge is 0.481 e. The number of esters is 1. The lowest BCUT2D eigenvalue weighted by molar-refractivity contribution is -0.142. The fourth-order valence-corrected chi connectivity index (χ4v) is 3.07. The molecule has 0 bridgehead atoms. The minimum absolute atomic E-state index is 0.156. The average Bonchev–Trinajstić information content (AvgIpc) is 2.72. The van der Waals surface area contributed by atoms with Crippen LogP contribution in [0.5, 0.6) is 17.2 Å². The standard InChI is InChI=1S/C23H24O6/c1-5-6-16-7-9-17(10-8-16)29-23-15(3)28-22-14(2)19(27-13-20(24)26-4)12-11-18(22)21(23)25/h7-12H,5-6,13H2,1-4H3. The molecule has 6 heteroatoms. The molecule has 0 aliphatic heterocycles. The molecule has 6 nitrogen and oxygen atoms in total. The van der Waals surface area contributed by atoms with Gasteiger partial charge in [0.15, 0.2) is 6.61 Å². The highest BCUT2D eigenvalue weighted by molar-refractivity contribution is 5.83. The highest BCUT2D eigenvalue weighted by Crippen LogP contribution is 2.31. The van der Waals surface area contributed by atoms with Crippen LogP contribution in [0.1, 0.15) is 30.2 Å². The van der Waals surface area contributed by atoms with Gasteiger partial charge >= 0.3 is 5.97 Å². The minimum Gasteiger partial charge on any atom is -0.481 e. The molecule has 0 saturated heterocycles. The molecule has 2 aromatic carbocycles. The van der Waals surface area contributed by atoms with E-state index in [2.05, 4.69) is 11.7 Å². The lowest BCUT2D eigenvalue weighted by atomic mass is 10.1. The molecule has 152 valence electrons. The van der Waals surface area contributed by atoms with E-state index in [4.69, 9.17) is 13.9 Å². The fourth-order valence-electron chi connectivity index (χ4n) is 3.07. The number of hydrogen-bond acceptors (Lipinski definition) is 6. The van der Waals surface area contributed by atoms with E-state index < -0.39 is 5.97 Å². The van der Waals surface area contributed by atoms with Crippen molar-refractivity contribution in [2.75, 3.05) is 13.7 Å². The Morgan fingerprint density at radius 1 is 1.07 bits per heavy atom. The predicted molar refractivity (Wildman–Crippen MR) is 110 cm³/mol. The highest BCUT2D eigenvalue weighted by atomic mass is 16.6. The van der Waals surface area contributed by atoms with Gasteiger partial charge in [-0.15, -0.1) is 0 Å². The third kappa shape index (κ3) is 4.42. The second-order valence-corrected chi connectivity index (χ2v) is 6.74. The molecule has 0 fully saturated rings. The van der Waals surface area contributed by atoms with Gasteiger partial charge in [0.05, 0.1) is 12.5 Å². The molecule has 1 aromatic heterocycles. The molecule has 29 heavy (non-hydrogen) atoms. The summed E-state index contributed by atoms with van der Waals surface area (Å²) in [5.74, 6) is 1.06. The first-order valence-electron chi connectivity index (χ1n) is 9.48. The molecule has 0 saturated carbocycles. The van der Waals surface area contributed by atoms with Crippen LogP contribution in [0.3, 0.4) is 0 Å². The Balaban J connectivity index is 1.94. The molecule has 1 heterocycles. The van der Waals surface area contributed by atoms with E-state index in [1.165, 1.54) is 12.7 Å². The number of aryl methyl sites for hydroxylation is 3. The van der Waals surface area contributed by atoms with Crippen LogP contribution in [0.2, 0.25) is 0 Å². The molecule has 0 unspecified atom stereocenters. The Morgan fingerprint density at radius 3 is 2.45 bits per heavy atom. The summed E-state index contributed by atoms with van der Waals surface area (Å²) in [5.41, 5.74) is 1.99. The fraction of sp³-hybridized carbons (Fsp3) is 0.304. The summed E-state index contributed by atoms with van der Waals surface area (Å²) in [4.78, 5) is 24.3. The van der Waals surface area contributed by atoms with Crippen LogP contribution in [0.4, 0.5) is 0 Å². The van der Waals surface area contributed by atoms with Crippen LogP contribution in [0.25, 0.3) is 11.0 Å². The van der Waals surface area contributed by atoms with E-state index in [-0.39, 0.29) is 17.8 Å². The molecular weight excluding hydrogens is 372 g/mol. The van der Waals surface area contributed by atoms with E-state index in [0.29, 0.717) is 33.8 Å². The molecule has 0 spiro atoms. The van der Waals surface area contributed by atoms with Gasteiger partial charge in [-0.05, 0) is 50.1 Å². The summed E-state index contributed by atoms with van der Waals surface area (Å²) in [6.45, 7) is 5.36. The molecule has 0 atom stereocenters. The lowest BCUT2D eigenvalue weighted by Crippen LogP contribution is -2.13. The molecular formula is C23H24O6. The number of ether oxygens (including phenoxy) is 3. The van der Waals surface area contributed by atoms with Crippen LogP contribution < -0.4 is 14.9 Å². The molecule has 0 amide bonds. The van der Waals surface area contributed by atoms with E-state index in [0.717, 1.165) is 12.8 Å². The number of fused-ring (bicyclic) bond motifs is 1. The van der Waals surface area contributed by atoms with Crippen molar-refractivity contribution in [1.82, 2.24) is 0 Å². The number of benzene rings is 2. The quantitative estimate of drug-likeness (QED) is 0.539. The Hall–Kier alpha value is -3.28. The Morgan fingerprint density at radius 2 is 1.79 bits per heavy atom. The number of methoxy groups -OCH3 is 1. The van der Waals surface area contributed by atoms with Crippen molar-refractivity contribution in [2.45, 2.75) is 33.6 Å². The van der Waals surface area contributed by atoms with E-state index in [1.807, 2.05) is 24.3 Å². The van der Waals surface area contributed by atoms with Gasteiger partial charge in [0, 0.05) is 5.56 Å². The number of hydrogen-bond donors (Lipinski definition) is 0. The smallest absolute Gasteiger partial charge is 0.343 e. The summed E-state index contributed by atoms with van der Waals surface area (Å²) in [7, 11) is 1.29. The first kappa shape index (κ1) is 20.5. The average molecular weight is 396 g/mol. The minimum atomic E-state index is -0.490. The Labute approximate surface area is 169 Å². The molecule has 3 aromatic rings. The number of rotatable bonds is 7. The van der Waals surface area contributed by atoms with Crippen LogP contribution in [-0.2, 0) is 16.0 Å². The molecule has 3 rings (SSSR count). The van der Waals surface area contributed by atoms with Gasteiger partial charge in [-0.25, -0.2) is 4.79 Å². The second-order valence-electron chi connectivity index (χ2n) is 6.74.